The third-order valence-corrected chi connectivity index (χ3v) is 4.41. The highest BCUT2D eigenvalue weighted by molar-refractivity contribution is 5.95. The van der Waals surface area contributed by atoms with Crippen molar-refractivity contribution < 1.29 is 9.90 Å². The van der Waals surface area contributed by atoms with E-state index in [4.69, 9.17) is 0 Å². The number of carbonyl (C=O) groups is 1. The third kappa shape index (κ3) is 4.80. The van der Waals surface area contributed by atoms with E-state index in [1.54, 1.807) is 12.1 Å². The molecule has 0 aliphatic carbocycles. The molecule has 0 aromatic heterocycles. The molecule has 0 aliphatic heterocycles. The van der Waals surface area contributed by atoms with Crippen LogP contribution in [0.1, 0.15) is 27.9 Å². The minimum absolute atomic E-state index is 0.333. The molecule has 132 valence electrons. The monoisotopic (exact) mass is 345 g/mol. The summed E-state index contributed by atoms with van der Waals surface area (Å²) in [7, 11) is 0. The van der Waals surface area contributed by atoms with Crippen LogP contribution in [0.15, 0.2) is 78.9 Å². The molecule has 26 heavy (non-hydrogen) atoms. The molecule has 0 radical (unpaired) electrons. The summed E-state index contributed by atoms with van der Waals surface area (Å²) in [6.07, 6.45) is 2.19. The van der Waals surface area contributed by atoms with Gasteiger partial charge in [0.1, 0.15) is 0 Å². The number of aromatic carboxylic acids is 1. The third-order valence-electron chi connectivity index (χ3n) is 4.41. The fourth-order valence-electron chi connectivity index (χ4n) is 3.02. The number of benzene rings is 3. The number of aryl methyl sites for hydroxylation is 1. The van der Waals surface area contributed by atoms with Gasteiger partial charge in [-0.3, -0.25) is 0 Å². The zero-order chi connectivity index (χ0) is 18.2. The van der Waals surface area contributed by atoms with Gasteiger partial charge in [-0.15, -0.1) is 0 Å². The van der Waals surface area contributed by atoms with E-state index in [-0.39, 0.29) is 0 Å². The van der Waals surface area contributed by atoms with Gasteiger partial charge in [-0.2, -0.15) is 0 Å². The number of hydrogen-bond acceptors (Lipinski definition) is 2. The molecule has 0 fully saturated rings. The molecule has 0 unspecified atom stereocenters. The minimum atomic E-state index is -0.898. The maximum absolute atomic E-state index is 11.4. The lowest BCUT2D eigenvalue weighted by molar-refractivity contribution is 0.0697. The van der Waals surface area contributed by atoms with Crippen LogP contribution in [0.2, 0.25) is 0 Å². The van der Waals surface area contributed by atoms with Crippen LogP contribution in [0.4, 0.5) is 0 Å². The fourth-order valence-corrected chi connectivity index (χ4v) is 3.02. The second-order valence-corrected chi connectivity index (χ2v) is 6.31. The molecule has 0 saturated heterocycles. The topological polar surface area (TPSA) is 49.3 Å². The van der Waals surface area contributed by atoms with E-state index in [2.05, 4.69) is 41.7 Å². The highest BCUT2D eigenvalue weighted by Gasteiger charge is 2.10. The highest BCUT2D eigenvalue weighted by atomic mass is 16.4. The van der Waals surface area contributed by atoms with Crippen LogP contribution in [-0.4, -0.2) is 17.6 Å². The van der Waals surface area contributed by atoms with Gasteiger partial charge >= 0.3 is 5.97 Å². The SMILES string of the molecule is O=C(O)c1ccccc1-c1ccc(CNCCCc2ccccc2)cc1. The average molecular weight is 345 g/mol. The van der Waals surface area contributed by atoms with Crippen molar-refractivity contribution in [3.05, 3.63) is 95.6 Å². The Morgan fingerprint density at radius 3 is 2.23 bits per heavy atom. The van der Waals surface area contributed by atoms with Gasteiger partial charge in [0, 0.05) is 6.54 Å². The van der Waals surface area contributed by atoms with Crippen molar-refractivity contribution in [3.63, 3.8) is 0 Å². The van der Waals surface area contributed by atoms with Crippen LogP contribution in [0.5, 0.6) is 0 Å². The summed E-state index contributed by atoms with van der Waals surface area (Å²) in [5.41, 5.74) is 4.58. The van der Waals surface area contributed by atoms with Crippen molar-refractivity contribution in [1.29, 1.82) is 0 Å². The molecular weight excluding hydrogens is 322 g/mol. The summed E-state index contributed by atoms with van der Waals surface area (Å²) in [5.74, 6) is -0.898. The van der Waals surface area contributed by atoms with Gasteiger partial charge < -0.3 is 10.4 Å². The van der Waals surface area contributed by atoms with Crippen molar-refractivity contribution in [2.24, 2.45) is 0 Å². The van der Waals surface area contributed by atoms with Crippen LogP contribution >= 0.6 is 0 Å². The molecule has 0 aliphatic rings. The molecule has 3 heteroatoms. The Bertz CT molecular complexity index is 842. The highest BCUT2D eigenvalue weighted by Crippen LogP contribution is 2.24. The summed E-state index contributed by atoms with van der Waals surface area (Å²) in [5, 5.41) is 12.8. The van der Waals surface area contributed by atoms with E-state index in [9.17, 15) is 9.90 Å². The van der Waals surface area contributed by atoms with E-state index in [0.29, 0.717) is 5.56 Å². The lowest BCUT2D eigenvalue weighted by Crippen LogP contribution is -2.15. The maximum Gasteiger partial charge on any atom is 0.336 e. The predicted molar refractivity (Wildman–Crippen MR) is 105 cm³/mol. The summed E-state index contributed by atoms with van der Waals surface area (Å²) in [6.45, 7) is 1.79. The molecule has 3 nitrogen and oxygen atoms in total. The van der Waals surface area contributed by atoms with Gasteiger partial charge in [0.15, 0.2) is 0 Å². The zero-order valence-corrected chi connectivity index (χ0v) is 14.7. The largest absolute Gasteiger partial charge is 0.478 e. The van der Waals surface area contributed by atoms with E-state index in [0.717, 1.165) is 37.1 Å². The van der Waals surface area contributed by atoms with Gasteiger partial charge in [0.2, 0.25) is 0 Å². The molecule has 2 N–H and O–H groups in total. The van der Waals surface area contributed by atoms with E-state index < -0.39 is 5.97 Å². The Kier molecular flexibility index (Phi) is 6.18. The molecule has 3 aromatic rings. The maximum atomic E-state index is 11.4. The summed E-state index contributed by atoms with van der Waals surface area (Å²) >= 11 is 0. The predicted octanol–water partition coefficient (Wildman–Crippen LogP) is 4.77. The summed E-state index contributed by atoms with van der Waals surface area (Å²) in [4.78, 5) is 11.4. The molecule has 0 heterocycles. The smallest absolute Gasteiger partial charge is 0.336 e. The van der Waals surface area contributed by atoms with Crippen molar-refractivity contribution in [3.8, 4) is 11.1 Å². The minimum Gasteiger partial charge on any atom is -0.478 e. The van der Waals surface area contributed by atoms with Gasteiger partial charge in [0.25, 0.3) is 0 Å². The quantitative estimate of drug-likeness (QED) is 0.578. The number of rotatable bonds is 8. The summed E-state index contributed by atoms with van der Waals surface area (Å²) in [6, 6.07) is 25.7. The lowest BCUT2D eigenvalue weighted by atomic mass is 9.99. The van der Waals surface area contributed by atoms with E-state index >= 15 is 0 Å². The summed E-state index contributed by atoms with van der Waals surface area (Å²) < 4.78 is 0. The van der Waals surface area contributed by atoms with Crippen molar-refractivity contribution in [1.82, 2.24) is 5.32 Å². The standard InChI is InChI=1S/C23H23NO2/c25-23(26)22-11-5-4-10-21(22)20-14-12-19(13-15-20)17-24-16-6-9-18-7-2-1-3-8-18/h1-5,7-8,10-15,24H,6,9,16-17H2,(H,25,26). The number of nitrogens with one attached hydrogen (secondary N) is 1. The Labute approximate surface area is 154 Å². The molecule has 0 amide bonds. The number of hydrogen-bond donors (Lipinski definition) is 2. The second kappa shape index (κ2) is 8.97. The van der Waals surface area contributed by atoms with E-state index in [1.165, 1.54) is 11.1 Å². The lowest BCUT2D eigenvalue weighted by Gasteiger charge is -2.08. The van der Waals surface area contributed by atoms with Crippen LogP contribution in [0.3, 0.4) is 0 Å². The van der Waals surface area contributed by atoms with Crippen LogP contribution in [-0.2, 0) is 13.0 Å². The molecular formula is C23H23NO2. The first kappa shape index (κ1) is 17.9. The van der Waals surface area contributed by atoms with Gasteiger partial charge in [-0.1, -0.05) is 72.8 Å². The van der Waals surface area contributed by atoms with Crippen molar-refractivity contribution in [2.75, 3.05) is 6.54 Å². The Hall–Kier alpha value is -2.91. The van der Waals surface area contributed by atoms with Gasteiger partial charge in [-0.25, -0.2) is 4.79 Å². The van der Waals surface area contributed by atoms with Crippen molar-refractivity contribution >= 4 is 5.97 Å². The molecule has 0 saturated carbocycles. The second-order valence-electron chi connectivity index (χ2n) is 6.31. The van der Waals surface area contributed by atoms with Crippen LogP contribution in [0.25, 0.3) is 11.1 Å². The fraction of sp³-hybridized carbons (Fsp3) is 0.174. The zero-order valence-electron chi connectivity index (χ0n) is 14.7. The Balaban J connectivity index is 1.51. The van der Waals surface area contributed by atoms with Crippen molar-refractivity contribution in [2.45, 2.75) is 19.4 Å². The molecule has 3 aromatic carbocycles. The number of carboxylic acid groups (broad SMARTS) is 1. The van der Waals surface area contributed by atoms with Gasteiger partial charge in [0.05, 0.1) is 5.56 Å². The first-order valence-corrected chi connectivity index (χ1v) is 8.90. The first-order chi connectivity index (χ1) is 12.7. The number of carboxylic acids is 1. The molecule has 3 rings (SSSR count). The first-order valence-electron chi connectivity index (χ1n) is 8.90. The molecule has 0 spiro atoms. The molecule has 0 atom stereocenters. The van der Waals surface area contributed by atoms with Gasteiger partial charge in [-0.05, 0) is 47.7 Å². The molecule has 0 bridgehead atoms. The van der Waals surface area contributed by atoms with Crippen LogP contribution < -0.4 is 5.32 Å². The Morgan fingerprint density at radius 1 is 0.808 bits per heavy atom. The Morgan fingerprint density at radius 2 is 1.50 bits per heavy atom. The van der Waals surface area contributed by atoms with Crippen LogP contribution in [0, 0.1) is 0 Å². The normalized spacial score (nSPS) is 10.6. The average Bonchev–Trinajstić information content (AvgIpc) is 2.69. The van der Waals surface area contributed by atoms with E-state index in [1.807, 2.05) is 30.3 Å².